The van der Waals surface area contributed by atoms with Gasteiger partial charge in [-0.3, -0.25) is 4.79 Å². The number of cyclic esters (lactones) is 1. The molecular weight excluding hydrogens is 548 g/mol. The van der Waals surface area contributed by atoms with Crippen LogP contribution in [0.25, 0.3) is 0 Å². The van der Waals surface area contributed by atoms with Crippen molar-refractivity contribution >= 4 is 12.1 Å². The van der Waals surface area contributed by atoms with E-state index in [0.717, 1.165) is 24.0 Å². The number of unbranched alkanes of at least 4 members (excludes halogenated alkanes) is 1. The second-order valence-electron chi connectivity index (χ2n) is 10.4. The summed E-state index contributed by atoms with van der Waals surface area (Å²) in [4.78, 5) is 25.4. The van der Waals surface area contributed by atoms with Crippen LogP contribution in [0.5, 0.6) is 28.7 Å². The molecular formula is C29H32N4O9. The van der Waals surface area contributed by atoms with Crippen LogP contribution in [0.2, 0.25) is 0 Å². The zero-order chi connectivity index (χ0) is 29.4. The van der Waals surface area contributed by atoms with Gasteiger partial charge in [-0.25, -0.2) is 9.48 Å². The number of aromatic nitrogens is 3. The summed E-state index contributed by atoms with van der Waals surface area (Å²) in [6.07, 6.45) is 3.01. The van der Waals surface area contributed by atoms with E-state index in [0.29, 0.717) is 29.3 Å². The molecule has 0 radical (unpaired) electrons. The highest BCUT2D eigenvalue weighted by Gasteiger charge is 2.53. The van der Waals surface area contributed by atoms with Crippen molar-refractivity contribution in [1.29, 1.82) is 0 Å². The van der Waals surface area contributed by atoms with Crippen molar-refractivity contribution in [2.24, 2.45) is 11.8 Å². The third kappa shape index (κ3) is 4.78. The quantitative estimate of drug-likeness (QED) is 0.283. The standard InChI is InChI=1S/C29H32N4O9/c1-4-5-6-30-29(36)40-12-16-11-33(32-31-16)26-18-10-21-20(41-14-42-21)9-17(18)24(25-19(26)13-39-28(25)35)15-7-22(37-2)27(34)23(8-15)38-3/h7-11,19,24-26,34H,4-6,12-14H2,1-3H3,(H,30,36)/t19-,24+,25-,26+/m0/s1. The molecule has 1 fully saturated rings. The van der Waals surface area contributed by atoms with E-state index in [1.165, 1.54) is 14.2 Å². The number of carbonyl (C=O) groups is 2. The van der Waals surface area contributed by atoms with Gasteiger partial charge in [-0.2, -0.15) is 0 Å². The number of nitrogens with one attached hydrogen (secondary N) is 1. The lowest BCUT2D eigenvalue weighted by molar-refractivity contribution is -0.141. The Hall–Kier alpha value is -4.68. The van der Waals surface area contributed by atoms with Gasteiger partial charge in [-0.05, 0) is 47.4 Å². The summed E-state index contributed by atoms with van der Waals surface area (Å²) >= 11 is 0. The van der Waals surface area contributed by atoms with Gasteiger partial charge in [0.1, 0.15) is 12.3 Å². The average Bonchev–Trinajstić information content (AvgIpc) is 3.74. The van der Waals surface area contributed by atoms with Crippen molar-refractivity contribution in [3.05, 3.63) is 52.8 Å². The third-order valence-electron chi connectivity index (χ3n) is 8.00. The van der Waals surface area contributed by atoms with Gasteiger partial charge in [0, 0.05) is 18.4 Å². The number of fused-ring (bicyclic) bond motifs is 3. The van der Waals surface area contributed by atoms with Crippen molar-refractivity contribution in [3.8, 4) is 28.7 Å². The summed E-state index contributed by atoms with van der Waals surface area (Å²) in [5.41, 5.74) is 2.82. The van der Waals surface area contributed by atoms with Gasteiger partial charge < -0.3 is 38.8 Å². The lowest BCUT2D eigenvalue weighted by atomic mass is 9.65. The minimum atomic E-state index is -0.602. The Kier molecular flexibility index (Phi) is 7.40. The molecule has 1 aromatic heterocycles. The number of ether oxygens (including phenoxy) is 6. The van der Waals surface area contributed by atoms with Crippen molar-refractivity contribution in [2.75, 3.05) is 34.2 Å². The Morgan fingerprint density at radius 3 is 2.50 bits per heavy atom. The summed E-state index contributed by atoms with van der Waals surface area (Å²) in [5, 5.41) is 21.9. The number of aromatic hydroxyl groups is 1. The first kappa shape index (κ1) is 27.5. The number of benzene rings is 2. The minimum absolute atomic E-state index is 0.0576. The first-order valence-electron chi connectivity index (χ1n) is 13.8. The van der Waals surface area contributed by atoms with Crippen LogP contribution in [0, 0.1) is 11.8 Å². The van der Waals surface area contributed by atoms with Gasteiger partial charge in [0.2, 0.25) is 12.5 Å². The maximum Gasteiger partial charge on any atom is 0.407 e. The first-order chi connectivity index (χ1) is 20.4. The largest absolute Gasteiger partial charge is 0.502 e. The predicted molar refractivity (Wildman–Crippen MR) is 145 cm³/mol. The smallest absolute Gasteiger partial charge is 0.407 e. The van der Waals surface area contributed by atoms with Crippen molar-refractivity contribution in [2.45, 2.75) is 38.3 Å². The molecule has 0 unspecified atom stereocenters. The fourth-order valence-corrected chi connectivity index (χ4v) is 6.04. The SMILES string of the molecule is CCCCNC(=O)OCc1cn([C@@H]2c3cc4c(cc3[C@@H](c3cc(OC)c(O)c(OC)c3)[C@H]3C(=O)OC[C@@H]32)OCO4)nn1. The van der Waals surface area contributed by atoms with Crippen LogP contribution in [0.3, 0.4) is 0 Å². The van der Waals surface area contributed by atoms with Crippen molar-refractivity contribution in [3.63, 3.8) is 0 Å². The average molecular weight is 581 g/mol. The summed E-state index contributed by atoms with van der Waals surface area (Å²) in [6, 6.07) is 6.75. The maximum absolute atomic E-state index is 13.4. The van der Waals surface area contributed by atoms with Crippen LogP contribution >= 0.6 is 0 Å². The Morgan fingerprint density at radius 2 is 1.81 bits per heavy atom. The Bertz CT molecular complexity index is 1480. The van der Waals surface area contributed by atoms with Crippen LogP contribution in [0.4, 0.5) is 4.79 Å². The monoisotopic (exact) mass is 580 g/mol. The van der Waals surface area contributed by atoms with Crippen LogP contribution in [-0.4, -0.2) is 66.3 Å². The number of nitrogens with zero attached hydrogens (tertiary/aromatic N) is 3. The summed E-state index contributed by atoms with van der Waals surface area (Å²) in [5.74, 6) is -0.317. The Balaban J connectivity index is 1.41. The zero-order valence-electron chi connectivity index (χ0n) is 23.5. The molecule has 0 saturated carbocycles. The van der Waals surface area contributed by atoms with Crippen LogP contribution < -0.4 is 24.3 Å². The molecule has 3 aromatic rings. The Morgan fingerprint density at radius 1 is 1.10 bits per heavy atom. The molecule has 2 N–H and O–H groups in total. The summed E-state index contributed by atoms with van der Waals surface area (Å²) < 4.78 is 34.9. The summed E-state index contributed by atoms with van der Waals surface area (Å²) in [7, 11) is 2.91. The van der Waals surface area contributed by atoms with Crippen LogP contribution in [-0.2, 0) is 20.9 Å². The molecule has 1 aliphatic carbocycles. The van der Waals surface area contributed by atoms with Crippen LogP contribution in [0.15, 0.2) is 30.5 Å². The molecule has 6 rings (SSSR count). The van der Waals surface area contributed by atoms with E-state index in [1.54, 1.807) is 23.0 Å². The molecule has 3 aliphatic rings. The van der Waals surface area contributed by atoms with E-state index in [-0.39, 0.29) is 49.1 Å². The molecule has 4 atom stereocenters. The molecule has 2 aliphatic heterocycles. The van der Waals surface area contributed by atoms with E-state index < -0.39 is 24.0 Å². The van der Waals surface area contributed by atoms with Gasteiger partial charge in [0.05, 0.1) is 39.0 Å². The molecule has 0 spiro atoms. The van der Waals surface area contributed by atoms with Crippen molar-refractivity contribution in [1.82, 2.24) is 20.3 Å². The normalized spacial score (nSPS) is 21.7. The van der Waals surface area contributed by atoms with Gasteiger partial charge in [-0.15, -0.1) is 5.10 Å². The first-order valence-corrected chi connectivity index (χ1v) is 13.8. The van der Waals surface area contributed by atoms with Gasteiger partial charge in [-0.1, -0.05) is 18.6 Å². The molecule has 1 saturated heterocycles. The number of carbonyl (C=O) groups excluding carboxylic acids is 2. The Labute approximate surface area is 241 Å². The molecule has 13 nitrogen and oxygen atoms in total. The molecule has 0 bridgehead atoms. The van der Waals surface area contributed by atoms with Gasteiger partial charge in [0.25, 0.3) is 0 Å². The number of phenolic OH excluding ortho intramolecular Hbond substituents is 1. The highest BCUT2D eigenvalue weighted by molar-refractivity contribution is 5.79. The fourth-order valence-electron chi connectivity index (χ4n) is 6.04. The lowest BCUT2D eigenvalue weighted by Gasteiger charge is -2.39. The molecule has 42 heavy (non-hydrogen) atoms. The summed E-state index contributed by atoms with van der Waals surface area (Å²) in [6.45, 7) is 2.76. The van der Waals surface area contributed by atoms with E-state index in [1.807, 2.05) is 19.1 Å². The molecule has 222 valence electrons. The third-order valence-corrected chi connectivity index (χ3v) is 8.00. The molecule has 3 heterocycles. The number of amides is 1. The number of hydrogen-bond donors (Lipinski definition) is 2. The zero-order valence-corrected chi connectivity index (χ0v) is 23.5. The van der Waals surface area contributed by atoms with E-state index in [9.17, 15) is 14.7 Å². The highest BCUT2D eigenvalue weighted by atomic mass is 16.7. The maximum atomic E-state index is 13.4. The van der Waals surface area contributed by atoms with Gasteiger partial charge >= 0.3 is 12.1 Å². The minimum Gasteiger partial charge on any atom is -0.502 e. The second kappa shape index (κ2) is 11.3. The van der Waals surface area contributed by atoms with E-state index >= 15 is 0 Å². The molecule has 13 heteroatoms. The number of rotatable bonds is 9. The molecule has 1 amide bonds. The van der Waals surface area contributed by atoms with Crippen LogP contribution in [0.1, 0.15) is 54.1 Å². The van der Waals surface area contributed by atoms with E-state index in [4.69, 9.17) is 28.4 Å². The van der Waals surface area contributed by atoms with E-state index in [2.05, 4.69) is 15.6 Å². The topological polar surface area (TPSA) is 152 Å². The predicted octanol–water partition coefficient (Wildman–Crippen LogP) is 3.28. The van der Waals surface area contributed by atoms with Gasteiger partial charge in [0.15, 0.2) is 23.0 Å². The molecule has 2 aromatic carbocycles. The van der Waals surface area contributed by atoms with Crippen molar-refractivity contribution < 1.29 is 43.1 Å². The lowest BCUT2D eigenvalue weighted by Crippen LogP contribution is -2.37. The fraction of sp³-hybridized carbons (Fsp3) is 0.448. The number of alkyl carbamates (subject to hydrolysis) is 1. The number of methoxy groups -OCH3 is 2. The second-order valence-corrected chi connectivity index (χ2v) is 10.4. The number of hydrogen-bond acceptors (Lipinski definition) is 11. The highest BCUT2D eigenvalue weighted by Crippen LogP contribution is 2.56. The number of phenols is 1. The number of esters is 1.